The second kappa shape index (κ2) is 10.6. The second-order valence-electron chi connectivity index (χ2n) is 9.26. The van der Waals surface area contributed by atoms with Crippen molar-refractivity contribution in [1.29, 1.82) is 0 Å². The van der Waals surface area contributed by atoms with E-state index in [0.717, 1.165) is 49.5 Å². The summed E-state index contributed by atoms with van der Waals surface area (Å²) in [6.07, 6.45) is 8.33. The van der Waals surface area contributed by atoms with Crippen molar-refractivity contribution in [2.45, 2.75) is 39.7 Å². The van der Waals surface area contributed by atoms with E-state index in [0.29, 0.717) is 5.92 Å². The molecule has 2 atom stereocenters. The summed E-state index contributed by atoms with van der Waals surface area (Å²) < 4.78 is 5.44. The normalized spacial score (nSPS) is 18.6. The predicted octanol–water partition coefficient (Wildman–Crippen LogP) is 4.72. The molecule has 1 saturated heterocycles. The van der Waals surface area contributed by atoms with E-state index in [1.807, 2.05) is 63.4 Å². The number of rotatable bonds is 7. The molecule has 2 unspecified atom stereocenters. The van der Waals surface area contributed by atoms with Crippen molar-refractivity contribution in [2.75, 3.05) is 26.7 Å². The Morgan fingerprint density at radius 3 is 2.74 bits per heavy atom. The standard InChI is InChI=1S/C26H35N3O2/c1-26(2,3)25(30)28-24(22-14-7-8-16-27-22)21-13-10-18-29(19-21)17-9-12-20-11-5-6-15-23(20)31-4/h5-9,11-12,14-16,21,24H,10,13,17-19H2,1-4H3,(H,28,30)/b12-9+. The first-order chi connectivity index (χ1) is 14.9. The smallest absolute Gasteiger partial charge is 0.225 e. The molecular weight excluding hydrogens is 386 g/mol. The van der Waals surface area contributed by atoms with E-state index < -0.39 is 5.41 Å². The summed E-state index contributed by atoms with van der Waals surface area (Å²) in [6, 6.07) is 13.9. The van der Waals surface area contributed by atoms with Crippen LogP contribution in [0.1, 0.15) is 50.9 Å². The van der Waals surface area contributed by atoms with Gasteiger partial charge in [-0.2, -0.15) is 0 Å². The average Bonchev–Trinajstić information content (AvgIpc) is 2.77. The van der Waals surface area contributed by atoms with E-state index in [9.17, 15) is 4.79 Å². The largest absolute Gasteiger partial charge is 0.496 e. The minimum atomic E-state index is -0.432. The Balaban J connectivity index is 1.69. The maximum Gasteiger partial charge on any atom is 0.225 e. The fourth-order valence-electron chi connectivity index (χ4n) is 4.01. The van der Waals surface area contributed by atoms with Gasteiger partial charge in [0.2, 0.25) is 5.91 Å². The monoisotopic (exact) mass is 421 g/mol. The highest BCUT2D eigenvalue weighted by molar-refractivity contribution is 5.81. The van der Waals surface area contributed by atoms with Crippen LogP contribution in [-0.2, 0) is 4.79 Å². The number of aromatic nitrogens is 1. The first-order valence-electron chi connectivity index (χ1n) is 11.1. The first-order valence-corrected chi connectivity index (χ1v) is 11.1. The number of likely N-dealkylation sites (tertiary alicyclic amines) is 1. The van der Waals surface area contributed by atoms with Gasteiger partial charge in [0.1, 0.15) is 5.75 Å². The van der Waals surface area contributed by atoms with Crippen LogP contribution < -0.4 is 10.1 Å². The lowest BCUT2D eigenvalue weighted by Gasteiger charge is -2.37. The zero-order valence-corrected chi connectivity index (χ0v) is 19.2. The molecule has 0 aliphatic carbocycles. The summed E-state index contributed by atoms with van der Waals surface area (Å²) >= 11 is 0. The quantitative estimate of drug-likeness (QED) is 0.703. The fraction of sp³-hybridized carbons (Fsp3) is 0.462. The Kier molecular flexibility index (Phi) is 7.85. The highest BCUT2D eigenvalue weighted by atomic mass is 16.5. The molecule has 31 heavy (non-hydrogen) atoms. The molecule has 0 bridgehead atoms. The van der Waals surface area contributed by atoms with Crippen LogP contribution in [0.15, 0.2) is 54.7 Å². The van der Waals surface area contributed by atoms with E-state index in [1.54, 1.807) is 7.11 Å². The van der Waals surface area contributed by atoms with Gasteiger partial charge in [-0.1, -0.05) is 57.2 Å². The van der Waals surface area contributed by atoms with Crippen LogP contribution in [0.2, 0.25) is 0 Å². The molecule has 3 rings (SSSR count). The summed E-state index contributed by atoms with van der Waals surface area (Å²) in [5, 5.41) is 3.30. The molecule has 0 spiro atoms. The summed E-state index contributed by atoms with van der Waals surface area (Å²) in [7, 11) is 1.70. The Morgan fingerprint density at radius 2 is 2.03 bits per heavy atom. The Labute approximate surface area is 186 Å². The summed E-state index contributed by atoms with van der Waals surface area (Å²) in [4.78, 5) is 19.8. The SMILES string of the molecule is COc1ccccc1/C=C/CN1CCCC(C(NC(=O)C(C)(C)C)c2ccccn2)C1. The van der Waals surface area contributed by atoms with Crippen LogP contribution in [0, 0.1) is 11.3 Å². The molecule has 5 nitrogen and oxygen atoms in total. The summed E-state index contributed by atoms with van der Waals surface area (Å²) in [5.41, 5.74) is 1.60. The third-order valence-corrected chi connectivity index (χ3v) is 5.79. The minimum Gasteiger partial charge on any atom is -0.496 e. The van der Waals surface area contributed by atoms with Crippen LogP contribution in [0.5, 0.6) is 5.75 Å². The number of hydrogen-bond acceptors (Lipinski definition) is 4. The number of nitrogens with one attached hydrogen (secondary N) is 1. The van der Waals surface area contributed by atoms with Crippen molar-refractivity contribution in [2.24, 2.45) is 11.3 Å². The van der Waals surface area contributed by atoms with Gasteiger partial charge in [-0.15, -0.1) is 0 Å². The van der Waals surface area contributed by atoms with Gasteiger partial charge in [0.15, 0.2) is 0 Å². The first kappa shape index (κ1) is 23.0. The maximum absolute atomic E-state index is 12.8. The zero-order valence-electron chi connectivity index (χ0n) is 19.2. The number of para-hydroxylation sites is 1. The fourth-order valence-corrected chi connectivity index (χ4v) is 4.01. The number of nitrogens with zero attached hydrogens (tertiary/aromatic N) is 2. The van der Waals surface area contributed by atoms with E-state index >= 15 is 0 Å². The molecule has 1 fully saturated rings. The van der Waals surface area contributed by atoms with Crippen LogP contribution in [0.3, 0.4) is 0 Å². The molecule has 166 valence electrons. The molecule has 2 heterocycles. The van der Waals surface area contributed by atoms with Crippen molar-refractivity contribution in [1.82, 2.24) is 15.2 Å². The second-order valence-corrected chi connectivity index (χ2v) is 9.26. The number of carbonyl (C=O) groups excluding carboxylic acids is 1. The van der Waals surface area contributed by atoms with Gasteiger partial charge in [0.25, 0.3) is 0 Å². The maximum atomic E-state index is 12.8. The van der Waals surface area contributed by atoms with Crippen molar-refractivity contribution < 1.29 is 9.53 Å². The van der Waals surface area contributed by atoms with Crippen molar-refractivity contribution in [3.63, 3.8) is 0 Å². The van der Waals surface area contributed by atoms with Gasteiger partial charge in [-0.25, -0.2) is 0 Å². The average molecular weight is 422 g/mol. The molecule has 1 N–H and O–H groups in total. The van der Waals surface area contributed by atoms with Gasteiger partial charge in [-0.05, 0) is 43.5 Å². The number of pyridine rings is 1. The third-order valence-electron chi connectivity index (χ3n) is 5.79. The number of amides is 1. The van der Waals surface area contributed by atoms with E-state index in [4.69, 9.17) is 4.74 Å². The third kappa shape index (κ3) is 6.41. The highest BCUT2D eigenvalue weighted by Crippen LogP contribution is 2.30. The molecule has 1 aliphatic heterocycles. The summed E-state index contributed by atoms with van der Waals surface area (Å²) in [6.45, 7) is 8.72. The number of ether oxygens (including phenoxy) is 1. The number of benzene rings is 1. The molecule has 1 amide bonds. The van der Waals surface area contributed by atoms with Crippen LogP contribution in [-0.4, -0.2) is 42.5 Å². The van der Waals surface area contributed by atoms with E-state index in [1.165, 1.54) is 0 Å². The van der Waals surface area contributed by atoms with Gasteiger partial charge in [-0.3, -0.25) is 14.7 Å². The van der Waals surface area contributed by atoms with E-state index in [2.05, 4.69) is 33.4 Å². The molecular formula is C26H35N3O2. The molecule has 1 aliphatic rings. The van der Waals surface area contributed by atoms with Gasteiger partial charge >= 0.3 is 0 Å². The number of methoxy groups -OCH3 is 1. The van der Waals surface area contributed by atoms with Crippen LogP contribution in [0.25, 0.3) is 6.08 Å². The van der Waals surface area contributed by atoms with Gasteiger partial charge in [0, 0.05) is 30.3 Å². The minimum absolute atomic E-state index is 0.0661. The lowest BCUT2D eigenvalue weighted by atomic mass is 9.86. The Hall–Kier alpha value is -2.66. The van der Waals surface area contributed by atoms with Crippen molar-refractivity contribution >= 4 is 12.0 Å². The van der Waals surface area contributed by atoms with Gasteiger partial charge < -0.3 is 10.1 Å². The van der Waals surface area contributed by atoms with E-state index in [-0.39, 0.29) is 11.9 Å². The lowest BCUT2D eigenvalue weighted by Crippen LogP contribution is -2.45. The van der Waals surface area contributed by atoms with Crippen molar-refractivity contribution in [3.05, 3.63) is 66.0 Å². The molecule has 1 aromatic carbocycles. The zero-order chi connectivity index (χ0) is 22.3. The number of hydrogen-bond donors (Lipinski definition) is 1. The molecule has 0 saturated carbocycles. The molecule has 5 heteroatoms. The highest BCUT2D eigenvalue weighted by Gasteiger charge is 2.32. The Bertz CT molecular complexity index is 874. The Morgan fingerprint density at radius 1 is 1.26 bits per heavy atom. The lowest BCUT2D eigenvalue weighted by molar-refractivity contribution is -0.129. The molecule has 2 aromatic rings. The topological polar surface area (TPSA) is 54.5 Å². The van der Waals surface area contributed by atoms with Crippen LogP contribution >= 0.6 is 0 Å². The van der Waals surface area contributed by atoms with Crippen molar-refractivity contribution in [3.8, 4) is 5.75 Å². The molecule has 0 radical (unpaired) electrons. The van der Waals surface area contributed by atoms with Crippen LogP contribution in [0.4, 0.5) is 0 Å². The predicted molar refractivity (Wildman–Crippen MR) is 126 cm³/mol. The summed E-state index contributed by atoms with van der Waals surface area (Å²) in [5.74, 6) is 1.28. The molecule has 1 aromatic heterocycles. The number of piperidine rings is 1. The number of carbonyl (C=O) groups is 1. The van der Waals surface area contributed by atoms with Gasteiger partial charge in [0.05, 0.1) is 18.8 Å².